The first-order chi connectivity index (χ1) is 13.2. The molecule has 152 valence electrons. The maximum Gasteiger partial charge on any atom is 0.152 e. The maximum atomic E-state index is 11.8. The van der Waals surface area contributed by atoms with E-state index >= 15 is 0 Å². The van der Waals surface area contributed by atoms with Gasteiger partial charge in [0, 0.05) is 41.2 Å². The third kappa shape index (κ3) is 4.37. The summed E-state index contributed by atoms with van der Waals surface area (Å²) in [6.45, 7) is 12.1. The van der Waals surface area contributed by atoms with Crippen LogP contribution in [0.15, 0.2) is 33.8 Å². The lowest BCUT2D eigenvalue weighted by molar-refractivity contribution is -0.118. The number of phenols is 1. The van der Waals surface area contributed by atoms with Crippen molar-refractivity contribution in [3.63, 3.8) is 0 Å². The number of nitrogens with one attached hydrogen (secondary N) is 1. The largest absolute Gasteiger partial charge is 0.506 e. The average molecular weight is 402 g/mol. The molecule has 28 heavy (non-hydrogen) atoms. The summed E-state index contributed by atoms with van der Waals surface area (Å²) in [4.78, 5) is 20.0. The molecule has 1 aromatic carbocycles. The van der Waals surface area contributed by atoms with Crippen LogP contribution in [0.1, 0.15) is 47.5 Å². The van der Waals surface area contributed by atoms with Gasteiger partial charge in [-0.15, -0.1) is 11.8 Å². The summed E-state index contributed by atoms with van der Waals surface area (Å²) in [7, 11) is 0. The van der Waals surface area contributed by atoms with Crippen molar-refractivity contribution in [1.29, 1.82) is 0 Å². The highest BCUT2D eigenvalue weighted by Gasteiger charge is 2.36. The molecule has 6 heteroatoms. The van der Waals surface area contributed by atoms with Crippen LogP contribution in [0.5, 0.6) is 5.75 Å². The zero-order valence-corrected chi connectivity index (χ0v) is 18.3. The van der Waals surface area contributed by atoms with E-state index < -0.39 is 0 Å². The molecular formula is C22H31N3O2S. The van der Waals surface area contributed by atoms with Crippen LogP contribution in [0, 0.1) is 5.41 Å². The Hall–Kier alpha value is -1.95. The number of phenolic OH excluding ortho intramolecular Hbond substituents is 1. The Morgan fingerprint density at radius 3 is 2.64 bits per heavy atom. The van der Waals surface area contributed by atoms with E-state index in [0.29, 0.717) is 5.69 Å². The number of hydrogen-bond donors (Lipinski definition) is 2. The van der Waals surface area contributed by atoms with E-state index in [-0.39, 0.29) is 23.0 Å². The third-order valence-electron chi connectivity index (χ3n) is 5.41. The predicted octanol–water partition coefficient (Wildman–Crippen LogP) is 4.64. The van der Waals surface area contributed by atoms with E-state index in [1.165, 1.54) is 0 Å². The molecule has 0 saturated carbocycles. The van der Waals surface area contributed by atoms with Gasteiger partial charge in [-0.1, -0.05) is 13.8 Å². The van der Waals surface area contributed by atoms with Crippen LogP contribution in [0.3, 0.4) is 0 Å². The summed E-state index contributed by atoms with van der Waals surface area (Å²) in [5.74, 6) is 1.10. The molecular weight excluding hydrogens is 370 g/mol. The zero-order chi connectivity index (χ0) is 20.5. The van der Waals surface area contributed by atoms with Crippen molar-refractivity contribution in [2.45, 2.75) is 53.5 Å². The topological polar surface area (TPSA) is 64.9 Å². The second-order valence-electron chi connectivity index (χ2n) is 8.35. The molecule has 0 spiro atoms. The number of hydrogen-bond acceptors (Lipinski definition) is 6. The highest BCUT2D eigenvalue weighted by molar-refractivity contribution is 8.04. The zero-order valence-electron chi connectivity index (χ0n) is 17.5. The number of allylic oxidation sites excluding steroid dienone is 2. The van der Waals surface area contributed by atoms with Crippen molar-refractivity contribution < 1.29 is 9.90 Å². The molecule has 1 aromatic rings. The van der Waals surface area contributed by atoms with Gasteiger partial charge in [0.05, 0.1) is 11.8 Å². The van der Waals surface area contributed by atoms with Crippen LogP contribution in [-0.4, -0.2) is 41.5 Å². The Morgan fingerprint density at radius 1 is 1.32 bits per heavy atom. The minimum Gasteiger partial charge on any atom is -0.506 e. The fourth-order valence-electron chi connectivity index (χ4n) is 3.88. The summed E-state index contributed by atoms with van der Waals surface area (Å²) in [5.41, 5.74) is 3.78. The number of anilines is 1. The van der Waals surface area contributed by atoms with Crippen molar-refractivity contribution in [2.24, 2.45) is 10.4 Å². The van der Waals surface area contributed by atoms with E-state index in [2.05, 4.69) is 37.9 Å². The molecule has 1 aliphatic heterocycles. The number of Topliss-reactive ketones (excluding diaryl/α,β-unsaturated/α-hetero) is 1. The van der Waals surface area contributed by atoms with Crippen LogP contribution >= 0.6 is 11.8 Å². The molecule has 1 heterocycles. The van der Waals surface area contributed by atoms with E-state index in [9.17, 15) is 9.90 Å². The first-order valence-corrected chi connectivity index (χ1v) is 11.0. The van der Waals surface area contributed by atoms with Gasteiger partial charge >= 0.3 is 0 Å². The number of rotatable bonds is 5. The molecule has 0 saturated heterocycles. The predicted molar refractivity (Wildman–Crippen MR) is 119 cm³/mol. The molecule has 2 N–H and O–H groups in total. The lowest BCUT2D eigenvalue weighted by Gasteiger charge is -2.38. The maximum absolute atomic E-state index is 11.8. The average Bonchev–Trinajstić information content (AvgIpc) is 2.63. The van der Waals surface area contributed by atoms with Crippen molar-refractivity contribution in [1.82, 2.24) is 5.32 Å². The molecule has 1 unspecified atom stereocenters. The number of aromatic hydroxyl groups is 1. The monoisotopic (exact) mass is 401 g/mol. The van der Waals surface area contributed by atoms with Crippen molar-refractivity contribution >= 4 is 34.6 Å². The van der Waals surface area contributed by atoms with Crippen molar-refractivity contribution in [3.05, 3.63) is 28.8 Å². The van der Waals surface area contributed by atoms with Gasteiger partial charge < -0.3 is 15.3 Å². The standard InChI is InChI=1S/C22H31N3O2S/c1-6-25(7-2)15-8-9-16(20(27)10-15)23-17-11-22(4,5)12-18-21(17)28-13-19(24-18)14(3)26/h8-10,19,24,27H,6-7,11-13H2,1-5H3/b23-17+. The lowest BCUT2D eigenvalue weighted by atomic mass is 9.78. The Labute approximate surface area is 172 Å². The van der Waals surface area contributed by atoms with Gasteiger partial charge in [0.2, 0.25) is 0 Å². The van der Waals surface area contributed by atoms with Crippen LogP contribution in [0.4, 0.5) is 11.4 Å². The highest BCUT2D eigenvalue weighted by atomic mass is 32.2. The van der Waals surface area contributed by atoms with Gasteiger partial charge in [0.1, 0.15) is 11.4 Å². The molecule has 0 aromatic heterocycles. The molecule has 1 atom stereocenters. The molecule has 5 nitrogen and oxygen atoms in total. The second-order valence-corrected chi connectivity index (χ2v) is 9.38. The summed E-state index contributed by atoms with van der Waals surface area (Å²) in [5, 5.41) is 14.0. The summed E-state index contributed by atoms with van der Waals surface area (Å²) in [6, 6.07) is 5.60. The first-order valence-electron chi connectivity index (χ1n) is 10.0. The Bertz CT molecular complexity index is 825. The summed E-state index contributed by atoms with van der Waals surface area (Å²) >= 11 is 1.71. The number of benzene rings is 1. The minimum absolute atomic E-state index is 0.0562. The first kappa shape index (κ1) is 20.8. The van der Waals surface area contributed by atoms with Gasteiger partial charge in [-0.05, 0) is 51.2 Å². The molecule has 0 amide bonds. The number of carbonyl (C=O) groups is 1. The van der Waals surface area contributed by atoms with Gasteiger partial charge in [0.25, 0.3) is 0 Å². The summed E-state index contributed by atoms with van der Waals surface area (Å²) in [6.07, 6.45) is 1.76. The van der Waals surface area contributed by atoms with Crippen LogP contribution < -0.4 is 10.2 Å². The van der Waals surface area contributed by atoms with Crippen LogP contribution in [0.2, 0.25) is 0 Å². The second kappa shape index (κ2) is 8.19. The fraction of sp³-hybridized carbons (Fsp3) is 0.545. The Kier molecular flexibility index (Phi) is 6.08. The molecule has 1 aliphatic carbocycles. The number of ketones is 1. The van der Waals surface area contributed by atoms with Gasteiger partial charge in [0.15, 0.2) is 5.78 Å². The van der Waals surface area contributed by atoms with E-state index in [1.807, 2.05) is 12.1 Å². The minimum atomic E-state index is -0.124. The van der Waals surface area contributed by atoms with Crippen molar-refractivity contribution in [3.8, 4) is 5.75 Å². The third-order valence-corrected chi connectivity index (χ3v) is 6.68. The number of aliphatic imine (C=N–C) groups is 1. The molecule has 2 aliphatic rings. The number of thioether (sulfide) groups is 1. The highest BCUT2D eigenvalue weighted by Crippen LogP contribution is 2.44. The normalized spacial score (nSPS) is 22.6. The van der Waals surface area contributed by atoms with E-state index in [1.54, 1.807) is 24.8 Å². The summed E-state index contributed by atoms with van der Waals surface area (Å²) < 4.78 is 0. The van der Waals surface area contributed by atoms with Crippen molar-refractivity contribution in [2.75, 3.05) is 23.7 Å². The van der Waals surface area contributed by atoms with Gasteiger partial charge in [-0.2, -0.15) is 0 Å². The Balaban J connectivity index is 1.96. The van der Waals surface area contributed by atoms with Gasteiger partial charge in [-0.25, -0.2) is 4.99 Å². The van der Waals surface area contributed by atoms with Crippen LogP contribution in [-0.2, 0) is 4.79 Å². The van der Waals surface area contributed by atoms with E-state index in [4.69, 9.17) is 4.99 Å². The lowest BCUT2D eigenvalue weighted by Crippen LogP contribution is -2.44. The quantitative estimate of drug-likeness (QED) is 0.753. The molecule has 0 fully saturated rings. The number of nitrogens with zero attached hydrogens (tertiary/aromatic N) is 2. The number of carbonyl (C=O) groups excluding carboxylic acids is 1. The van der Waals surface area contributed by atoms with E-state index in [0.717, 1.165) is 53.7 Å². The van der Waals surface area contributed by atoms with Gasteiger partial charge in [-0.3, -0.25) is 4.79 Å². The van der Waals surface area contributed by atoms with Crippen LogP contribution in [0.25, 0.3) is 0 Å². The fourth-order valence-corrected chi connectivity index (χ4v) is 5.12. The molecule has 0 radical (unpaired) electrons. The smallest absolute Gasteiger partial charge is 0.152 e. The Morgan fingerprint density at radius 2 is 2.04 bits per heavy atom. The SMILES string of the molecule is CCN(CC)c1ccc(/N=C2\CC(C)(C)CC3=C2SCC(C(C)=O)N3)c(O)c1. The molecule has 3 rings (SSSR count). The molecule has 0 bridgehead atoms.